The van der Waals surface area contributed by atoms with Crippen LogP contribution in [0.4, 0.5) is 13.2 Å². The van der Waals surface area contributed by atoms with Gasteiger partial charge in [0.1, 0.15) is 5.75 Å². The summed E-state index contributed by atoms with van der Waals surface area (Å²) >= 11 is 5.80. The minimum Gasteiger partial charge on any atom is -0.454 e. The molecule has 0 atom stereocenters. The molecule has 0 heterocycles. The third kappa shape index (κ3) is 3.32. The van der Waals surface area contributed by atoms with Crippen LogP contribution in [0.15, 0.2) is 30.3 Å². The normalized spacial score (nSPS) is 10.6. The van der Waals surface area contributed by atoms with E-state index in [1.54, 1.807) is 0 Å². The van der Waals surface area contributed by atoms with Crippen LogP contribution in [0.5, 0.6) is 11.5 Å². The molecule has 114 valence electrons. The summed E-state index contributed by atoms with van der Waals surface area (Å²) < 4.78 is 45.5. The summed E-state index contributed by atoms with van der Waals surface area (Å²) in [6, 6.07) is 8.02. The van der Waals surface area contributed by atoms with E-state index in [0.717, 1.165) is 6.07 Å². The first kappa shape index (κ1) is 16.1. The summed E-state index contributed by atoms with van der Waals surface area (Å²) in [5, 5.41) is 9.03. The van der Waals surface area contributed by atoms with Crippen molar-refractivity contribution in [3.8, 4) is 17.6 Å². The minimum absolute atomic E-state index is 0.0148. The Labute approximate surface area is 129 Å². The Bertz CT molecular complexity index is 744. The zero-order valence-electron chi connectivity index (χ0n) is 11.1. The van der Waals surface area contributed by atoms with Crippen LogP contribution < -0.4 is 10.5 Å². The van der Waals surface area contributed by atoms with E-state index in [1.165, 1.54) is 24.3 Å². The van der Waals surface area contributed by atoms with Crippen molar-refractivity contribution in [1.29, 1.82) is 5.26 Å². The lowest BCUT2D eigenvalue weighted by Crippen LogP contribution is -2.04. The van der Waals surface area contributed by atoms with E-state index in [-0.39, 0.29) is 28.4 Å². The fourth-order valence-corrected chi connectivity index (χ4v) is 2.07. The van der Waals surface area contributed by atoms with E-state index in [4.69, 9.17) is 27.3 Å². The summed E-state index contributed by atoms with van der Waals surface area (Å²) in [5.74, 6) is -1.60. The Kier molecular flexibility index (Phi) is 4.91. The van der Waals surface area contributed by atoms with Gasteiger partial charge in [-0.25, -0.2) is 13.2 Å². The van der Waals surface area contributed by atoms with Crippen LogP contribution in [0.3, 0.4) is 0 Å². The van der Waals surface area contributed by atoms with Gasteiger partial charge >= 0.3 is 0 Å². The van der Waals surface area contributed by atoms with Gasteiger partial charge < -0.3 is 10.5 Å². The molecule has 0 unspecified atom stereocenters. The van der Waals surface area contributed by atoms with Crippen molar-refractivity contribution in [3.05, 3.63) is 57.9 Å². The van der Waals surface area contributed by atoms with Crippen molar-refractivity contribution < 1.29 is 17.9 Å². The molecule has 0 aliphatic carbocycles. The quantitative estimate of drug-likeness (QED) is 0.897. The lowest BCUT2D eigenvalue weighted by molar-refractivity contribution is 0.147. The highest BCUT2D eigenvalue weighted by molar-refractivity contribution is 6.30. The van der Waals surface area contributed by atoms with Crippen LogP contribution >= 0.6 is 11.6 Å². The maximum absolute atomic E-state index is 14.2. The van der Waals surface area contributed by atoms with E-state index in [2.05, 4.69) is 0 Å². The van der Waals surface area contributed by atoms with Crippen molar-refractivity contribution in [2.45, 2.75) is 13.0 Å². The number of nitrogens with zero attached hydrogens (tertiary/aromatic N) is 1. The Morgan fingerprint density at radius 2 is 2.00 bits per heavy atom. The summed E-state index contributed by atoms with van der Waals surface area (Å²) in [4.78, 5) is 0. The van der Waals surface area contributed by atoms with Crippen LogP contribution in [0.1, 0.15) is 23.1 Å². The molecule has 0 bridgehead atoms. The topological polar surface area (TPSA) is 59.0 Å². The van der Waals surface area contributed by atoms with Crippen LogP contribution in [-0.2, 0) is 6.54 Å². The third-order valence-electron chi connectivity index (χ3n) is 2.88. The molecule has 0 radical (unpaired) electrons. The van der Waals surface area contributed by atoms with Crippen molar-refractivity contribution in [1.82, 2.24) is 0 Å². The summed E-state index contributed by atoms with van der Waals surface area (Å²) in [5.41, 5.74) is 4.96. The van der Waals surface area contributed by atoms with Gasteiger partial charge in [-0.15, -0.1) is 0 Å². The molecule has 2 rings (SSSR count). The van der Waals surface area contributed by atoms with Crippen LogP contribution in [0.25, 0.3) is 0 Å². The van der Waals surface area contributed by atoms with Gasteiger partial charge in [0.2, 0.25) is 0 Å². The number of nitriles is 1. The largest absolute Gasteiger partial charge is 0.454 e. The SMILES string of the molecule is N#Cc1cc(Cl)cc(Oc2c(C(F)F)ccc(CN)c2F)c1. The fourth-order valence-electron chi connectivity index (χ4n) is 1.85. The Hall–Kier alpha value is -2.23. The summed E-state index contributed by atoms with van der Waals surface area (Å²) in [7, 11) is 0. The van der Waals surface area contributed by atoms with Crippen molar-refractivity contribution >= 4 is 11.6 Å². The van der Waals surface area contributed by atoms with Gasteiger partial charge in [-0.1, -0.05) is 17.7 Å². The molecule has 0 fully saturated rings. The molecule has 22 heavy (non-hydrogen) atoms. The van der Waals surface area contributed by atoms with E-state index in [9.17, 15) is 13.2 Å². The van der Waals surface area contributed by atoms with Crippen molar-refractivity contribution in [3.63, 3.8) is 0 Å². The first-order chi connectivity index (χ1) is 10.5. The lowest BCUT2D eigenvalue weighted by atomic mass is 10.1. The van der Waals surface area contributed by atoms with E-state index >= 15 is 0 Å². The van der Waals surface area contributed by atoms with Gasteiger partial charge in [0.15, 0.2) is 11.6 Å². The number of ether oxygens (including phenoxy) is 1. The Balaban J connectivity index is 2.52. The van der Waals surface area contributed by atoms with E-state index in [1.807, 2.05) is 6.07 Å². The molecule has 0 aliphatic rings. The second-order valence-electron chi connectivity index (χ2n) is 4.35. The van der Waals surface area contributed by atoms with Crippen LogP contribution in [-0.4, -0.2) is 0 Å². The van der Waals surface area contributed by atoms with Gasteiger partial charge in [0.05, 0.1) is 17.2 Å². The van der Waals surface area contributed by atoms with Crippen LogP contribution in [0, 0.1) is 17.1 Å². The Morgan fingerprint density at radius 1 is 1.27 bits per heavy atom. The van der Waals surface area contributed by atoms with E-state index in [0.29, 0.717) is 0 Å². The Morgan fingerprint density at radius 3 is 2.59 bits per heavy atom. The monoisotopic (exact) mass is 326 g/mol. The van der Waals surface area contributed by atoms with Crippen molar-refractivity contribution in [2.24, 2.45) is 5.73 Å². The molecule has 0 spiro atoms. The zero-order valence-corrected chi connectivity index (χ0v) is 11.9. The number of nitrogens with two attached hydrogens (primary N) is 1. The summed E-state index contributed by atoms with van der Waals surface area (Å²) in [6.07, 6.45) is -2.93. The number of benzene rings is 2. The zero-order chi connectivity index (χ0) is 16.3. The standard InChI is InChI=1S/C15H10ClF3N2O/c16-10-3-8(6-20)4-11(5-10)22-14-12(15(18)19)2-1-9(7-21)13(14)17/h1-5,15H,7,21H2. The second-order valence-corrected chi connectivity index (χ2v) is 4.79. The lowest BCUT2D eigenvalue weighted by Gasteiger charge is -2.14. The molecule has 0 aliphatic heterocycles. The number of alkyl halides is 2. The van der Waals surface area contributed by atoms with Gasteiger partial charge in [0.25, 0.3) is 6.43 Å². The molecule has 0 amide bonds. The van der Waals surface area contributed by atoms with Gasteiger partial charge in [-0.2, -0.15) is 5.26 Å². The molecule has 0 saturated heterocycles. The first-order valence-corrected chi connectivity index (χ1v) is 6.52. The molecular formula is C15H10ClF3N2O. The average Bonchev–Trinajstić information content (AvgIpc) is 2.48. The number of halogens is 4. The maximum Gasteiger partial charge on any atom is 0.267 e. The molecule has 0 saturated carbocycles. The highest BCUT2D eigenvalue weighted by atomic mass is 35.5. The third-order valence-corrected chi connectivity index (χ3v) is 3.10. The first-order valence-electron chi connectivity index (χ1n) is 6.14. The highest BCUT2D eigenvalue weighted by Gasteiger charge is 2.21. The molecule has 0 aromatic heterocycles. The van der Waals surface area contributed by atoms with Gasteiger partial charge in [-0.3, -0.25) is 0 Å². The summed E-state index contributed by atoms with van der Waals surface area (Å²) in [6.45, 7) is -0.162. The molecule has 2 N–H and O–H groups in total. The molecule has 2 aromatic carbocycles. The predicted molar refractivity (Wildman–Crippen MR) is 75.5 cm³/mol. The second kappa shape index (κ2) is 6.69. The maximum atomic E-state index is 14.2. The number of hydrogen-bond acceptors (Lipinski definition) is 3. The molecular weight excluding hydrogens is 317 g/mol. The van der Waals surface area contributed by atoms with Crippen molar-refractivity contribution in [2.75, 3.05) is 0 Å². The molecule has 2 aromatic rings. The van der Waals surface area contributed by atoms with E-state index < -0.39 is 23.6 Å². The number of rotatable bonds is 4. The van der Waals surface area contributed by atoms with Gasteiger partial charge in [-0.05, 0) is 24.3 Å². The minimum atomic E-state index is -2.93. The number of hydrogen-bond donors (Lipinski definition) is 1. The molecule has 7 heteroatoms. The fraction of sp³-hybridized carbons (Fsp3) is 0.133. The van der Waals surface area contributed by atoms with Crippen LogP contribution in [0.2, 0.25) is 5.02 Å². The van der Waals surface area contributed by atoms with Gasteiger partial charge in [0, 0.05) is 17.1 Å². The highest BCUT2D eigenvalue weighted by Crippen LogP contribution is 2.37. The predicted octanol–water partition coefficient (Wildman–Crippen LogP) is 4.54. The molecule has 3 nitrogen and oxygen atoms in total. The smallest absolute Gasteiger partial charge is 0.267 e. The average molecular weight is 327 g/mol.